The summed E-state index contributed by atoms with van der Waals surface area (Å²) in [7, 11) is -8.12. The van der Waals surface area contributed by atoms with E-state index in [1.165, 1.54) is 17.0 Å². The van der Waals surface area contributed by atoms with Gasteiger partial charge in [0.15, 0.2) is 11.6 Å². The SMILES string of the molecule is C=C(C)C[C@H]1CN(C(=O)OC(C)(C)C)[C@](C(=O)OCC)([C@H](CO[Si](c2ccccc2)(c2ccccc2)C(C)(C)C)OC(=O)c2ccccc2)[C@H]1CCN(C(=O)OC(C)(C)C)S(=O)(=O)c1ccc(C)cc1. The van der Waals surface area contributed by atoms with E-state index in [1.807, 2.05) is 74.5 Å². The molecule has 0 aliphatic carbocycles. The van der Waals surface area contributed by atoms with E-state index in [1.54, 1.807) is 90.9 Å². The highest BCUT2D eigenvalue weighted by molar-refractivity contribution is 7.89. The minimum Gasteiger partial charge on any atom is -0.464 e. The summed E-state index contributed by atoms with van der Waals surface area (Å²) in [6.07, 6.45) is -3.71. The maximum absolute atomic E-state index is 15.8. The predicted octanol–water partition coefficient (Wildman–Crippen LogP) is 9.86. The number of amides is 2. The zero-order valence-corrected chi connectivity index (χ0v) is 44.8. The standard InChI is InChI=1S/C55H72N2O11SSi/c1-14-64-49(59)55(47(66-48(58)41-24-18-15-19-25-41)38-65-70(54(11,12)13,44-26-20-16-21-27-44)45-28-22-17-23-29-45)46(42(36-39(2)3)37-56(55)50(60)67-52(5,6)7)34-35-57(51(61)68-53(8,9)10)69(62,63)43-32-30-40(4)31-33-43/h15-33,42,46-47H,2,14,34-38H2,1,3-13H3/t42-,46-,47-,55-/m0/s1. The van der Waals surface area contributed by atoms with Crippen molar-refractivity contribution in [3.8, 4) is 0 Å². The van der Waals surface area contributed by atoms with Crippen LogP contribution < -0.4 is 10.4 Å². The second-order valence-electron chi connectivity index (χ2n) is 21.1. The van der Waals surface area contributed by atoms with Crippen LogP contribution in [0.2, 0.25) is 5.04 Å². The van der Waals surface area contributed by atoms with Gasteiger partial charge in [0.1, 0.15) is 11.2 Å². The van der Waals surface area contributed by atoms with Gasteiger partial charge in [-0.2, -0.15) is 0 Å². The van der Waals surface area contributed by atoms with Crippen molar-refractivity contribution in [2.75, 3.05) is 26.3 Å². The quantitative estimate of drug-likeness (QED) is 0.0430. The number of aryl methyl sites for hydroxylation is 1. The first-order valence-corrected chi connectivity index (χ1v) is 27.2. The van der Waals surface area contributed by atoms with Gasteiger partial charge in [-0.25, -0.2) is 31.9 Å². The Labute approximate surface area is 416 Å². The molecular formula is C55H72N2O11SSi. The summed E-state index contributed by atoms with van der Waals surface area (Å²) in [6, 6.07) is 33.9. The highest BCUT2D eigenvalue weighted by atomic mass is 32.2. The molecule has 5 rings (SSSR count). The smallest absolute Gasteiger partial charge is 0.424 e. The van der Waals surface area contributed by atoms with Gasteiger partial charge in [0.05, 0.1) is 23.7 Å². The monoisotopic (exact) mass is 996 g/mol. The minimum atomic E-state index is -4.61. The lowest BCUT2D eigenvalue weighted by molar-refractivity contribution is -0.170. The molecule has 0 N–H and O–H groups in total. The van der Waals surface area contributed by atoms with Crippen LogP contribution in [0, 0.1) is 18.8 Å². The molecule has 4 aromatic carbocycles. The van der Waals surface area contributed by atoms with Crippen molar-refractivity contribution in [2.45, 2.75) is 129 Å². The molecule has 4 atom stereocenters. The zero-order chi connectivity index (χ0) is 51.9. The summed E-state index contributed by atoms with van der Waals surface area (Å²) in [6.45, 7) is 24.4. The second-order valence-corrected chi connectivity index (χ2v) is 27.2. The van der Waals surface area contributed by atoms with Crippen LogP contribution in [0.4, 0.5) is 9.59 Å². The molecule has 15 heteroatoms. The minimum absolute atomic E-state index is 0.138. The fourth-order valence-corrected chi connectivity index (χ4v) is 15.3. The number of likely N-dealkylation sites (tertiary alicyclic amines) is 1. The Balaban J connectivity index is 1.86. The summed E-state index contributed by atoms with van der Waals surface area (Å²) < 4.78 is 62.3. The average Bonchev–Trinajstić information content (AvgIpc) is 3.59. The van der Waals surface area contributed by atoms with Crippen LogP contribution in [-0.4, -0.2) is 99.2 Å². The molecule has 1 aliphatic rings. The molecule has 0 unspecified atom stereocenters. The molecule has 1 heterocycles. The molecule has 1 saturated heterocycles. The van der Waals surface area contributed by atoms with Crippen molar-refractivity contribution in [1.82, 2.24) is 9.21 Å². The Morgan fingerprint density at radius 2 is 1.30 bits per heavy atom. The van der Waals surface area contributed by atoms with Gasteiger partial charge in [0.25, 0.3) is 18.3 Å². The Hall–Kier alpha value is -5.77. The molecule has 13 nitrogen and oxygen atoms in total. The first-order chi connectivity index (χ1) is 32.7. The number of hydrogen-bond donors (Lipinski definition) is 0. The van der Waals surface area contributed by atoms with Crippen LogP contribution in [0.5, 0.6) is 0 Å². The first-order valence-electron chi connectivity index (χ1n) is 23.8. The summed E-state index contributed by atoms with van der Waals surface area (Å²) >= 11 is 0. The maximum atomic E-state index is 15.8. The summed E-state index contributed by atoms with van der Waals surface area (Å²) in [5.41, 5.74) is -2.80. The maximum Gasteiger partial charge on any atom is 0.424 e. The highest BCUT2D eigenvalue weighted by Gasteiger charge is 2.68. The molecule has 4 aromatic rings. The molecule has 0 aromatic heterocycles. The van der Waals surface area contributed by atoms with E-state index >= 15 is 9.59 Å². The molecule has 378 valence electrons. The van der Waals surface area contributed by atoms with Crippen LogP contribution in [0.15, 0.2) is 132 Å². The molecule has 2 amide bonds. The van der Waals surface area contributed by atoms with Crippen LogP contribution in [0.25, 0.3) is 0 Å². The van der Waals surface area contributed by atoms with E-state index in [4.69, 9.17) is 23.4 Å². The van der Waals surface area contributed by atoms with Gasteiger partial charge >= 0.3 is 24.1 Å². The van der Waals surface area contributed by atoms with Gasteiger partial charge in [-0.15, -0.1) is 6.58 Å². The van der Waals surface area contributed by atoms with Crippen molar-refractivity contribution in [3.63, 3.8) is 0 Å². The van der Waals surface area contributed by atoms with Gasteiger partial charge < -0.3 is 23.4 Å². The zero-order valence-electron chi connectivity index (χ0n) is 42.9. The molecule has 0 radical (unpaired) electrons. The first kappa shape index (κ1) is 55.2. The van der Waals surface area contributed by atoms with Crippen molar-refractivity contribution in [3.05, 3.63) is 139 Å². The summed E-state index contributed by atoms with van der Waals surface area (Å²) in [5, 5.41) is 1.20. The number of esters is 2. The number of carbonyl (C=O) groups excluding carboxylic acids is 4. The Morgan fingerprint density at radius 3 is 1.77 bits per heavy atom. The van der Waals surface area contributed by atoms with E-state index in [0.717, 1.165) is 15.9 Å². The topological polar surface area (TPSA) is 155 Å². The molecule has 70 heavy (non-hydrogen) atoms. The summed E-state index contributed by atoms with van der Waals surface area (Å²) in [4.78, 5) is 61.1. The number of allylic oxidation sites excluding steroid dienone is 1. The lowest BCUT2D eigenvalue weighted by Crippen LogP contribution is -2.70. The molecule has 0 bridgehead atoms. The van der Waals surface area contributed by atoms with E-state index in [9.17, 15) is 18.0 Å². The van der Waals surface area contributed by atoms with Gasteiger partial charge in [-0.1, -0.05) is 123 Å². The fourth-order valence-electron chi connectivity index (χ4n) is 9.48. The number of benzene rings is 4. The van der Waals surface area contributed by atoms with Crippen molar-refractivity contribution < 1.29 is 51.0 Å². The molecular weight excluding hydrogens is 925 g/mol. The largest absolute Gasteiger partial charge is 0.464 e. The highest BCUT2D eigenvalue weighted by Crippen LogP contribution is 2.49. The molecule has 0 spiro atoms. The number of hydrogen-bond acceptors (Lipinski definition) is 11. The third-order valence-electron chi connectivity index (χ3n) is 12.3. The Kier molecular flexibility index (Phi) is 17.4. The molecule has 0 saturated carbocycles. The lowest BCUT2D eigenvalue weighted by Gasteiger charge is -2.48. The number of nitrogens with zero attached hydrogens (tertiary/aromatic N) is 2. The van der Waals surface area contributed by atoms with Gasteiger partial charge in [0.2, 0.25) is 0 Å². The third kappa shape index (κ3) is 12.4. The number of ether oxygens (including phenoxy) is 4. The van der Waals surface area contributed by atoms with Gasteiger partial charge in [0, 0.05) is 19.0 Å². The molecule has 1 aliphatic heterocycles. The predicted molar refractivity (Wildman–Crippen MR) is 274 cm³/mol. The Morgan fingerprint density at radius 1 is 0.786 bits per heavy atom. The van der Waals surface area contributed by atoms with E-state index in [0.29, 0.717) is 9.88 Å². The lowest BCUT2D eigenvalue weighted by atomic mass is 9.72. The van der Waals surface area contributed by atoms with Crippen LogP contribution >= 0.6 is 0 Å². The average molecular weight is 997 g/mol. The van der Waals surface area contributed by atoms with Crippen LogP contribution in [0.1, 0.15) is 105 Å². The number of rotatable bonds is 17. The molecule has 1 fully saturated rings. The van der Waals surface area contributed by atoms with Gasteiger partial charge in [-0.05, 0) is 121 Å². The van der Waals surface area contributed by atoms with Crippen molar-refractivity contribution in [2.24, 2.45) is 11.8 Å². The van der Waals surface area contributed by atoms with Crippen LogP contribution in [0.3, 0.4) is 0 Å². The van der Waals surface area contributed by atoms with E-state index < -0.39 is 95.3 Å². The summed E-state index contributed by atoms with van der Waals surface area (Å²) in [5.74, 6) is -3.52. The van der Waals surface area contributed by atoms with Crippen molar-refractivity contribution in [1.29, 1.82) is 0 Å². The van der Waals surface area contributed by atoms with Gasteiger partial charge in [-0.3, -0.25) is 4.90 Å². The number of sulfonamides is 1. The van der Waals surface area contributed by atoms with Crippen molar-refractivity contribution >= 4 is 52.8 Å². The second kappa shape index (κ2) is 22.1. The third-order valence-corrected chi connectivity index (χ3v) is 19.1. The van der Waals surface area contributed by atoms with E-state index in [-0.39, 0.29) is 36.5 Å². The number of carbonyl (C=O) groups is 4. The normalized spacial score (nSPS) is 18.1. The van der Waals surface area contributed by atoms with Crippen LogP contribution in [-0.2, 0) is 38.2 Å². The fraction of sp³-hybridized carbons (Fsp3) is 0.455. The Bertz CT molecular complexity index is 2510. The van der Waals surface area contributed by atoms with E-state index in [2.05, 4.69) is 27.4 Å².